The Morgan fingerprint density at radius 2 is 1.64 bits per heavy atom. The molecule has 0 aliphatic rings. The Kier molecular flexibility index (Phi) is 10.5. The van der Waals surface area contributed by atoms with Gasteiger partial charge in [0, 0.05) is 30.6 Å². The third kappa shape index (κ3) is 7.83. The highest BCUT2D eigenvalue weighted by Crippen LogP contribution is 2.16. The van der Waals surface area contributed by atoms with Crippen molar-refractivity contribution in [3.8, 4) is 0 Å². The Morgan fingerprint density at radius 3 is 2.29 bits per heavy atom. The Morgan fingerprint density at radius 1 is 0.964 bits per heavy atom. The van der Waals surface area contributed by atoms with E-state index in [1.165, 1.54) is 5.56 Å². The van der Waals surface area contributed by atoms with Crippen LogP contribution < -0.4 is 10.6 Å². The second-order valence-corrected chi connectivity index (χ2v) is 7.20. The van der Waals surface area contributed by atoms with Crippen LogP contribution in [0.4, 0.5) is 5.69 Å². The average molecular weight is 403 g/mol. The lowest BCUT2D eigenvalue weighted by Crippen LogP contribution is -2.17. The summed E-state index contributed by atoms with van der Waals surface area (Å²) in [5.41, 5.74) is 3.74. The van der Waals surface area contributed by atoms with Gasteiger partial charge in [-0.2, -0.15) is 0 Å². The molecule has 2 N–H and O–H groups in total. The van der Waals surface area contributed by atoms with Gasteiger partial charge in [-0.1, -0.05) is 63.2 Å². The molecule has 0 heterocycles. The van der Waals surface area contributed by atoms with Gasteiger partial charge in [-0.25, -0.2) is 0 Å². The molecule has 0 aliphatic heterocycles. The third-order valence-corrected chi connectivity index (χ3v) is 4.36. The molecule has 152 valence electrons. The molecule has 2 aromatic rings. The Labute approximate surface area is 174 Å². The number of ketones is 1. The number of benzene rings is 2. The van der Waals surface area contributed by atoms with Crippen LogP contribution in [0.3, 0.4) is 0 Å². The van der Waals surface area contributed by atoms with E-state index < -0.39 is 0 Å². The van der Waals surface area contributed by atoms with Gasteiger partial charge >= 0.3 is 0 Å². The lowest BCUT2D eigenvalue weighted by molar-refractivity contribution is -0.116. The fraction of sp³-hybridized carbons (Fsp3) is 0.391. The van der Waals surface area contributed by atoms with Crippen molar-refractivity contribution >= 4 is 29.8 Å². The normalized spacial score (nSPS) is 10.4. The minimum atomic E-state index is -0.135. The number of amides is 1. The third-order valence-electron chi connectivity index (χ3n) is 4.36. The summed E-state index contributed by atoms with van der Waals surface area (Å²) in [5, 5.41) is 6.19. The van der Waals surface area contributed by atoms with Gasteiger partial charge in [0.1, 0.15) is 0 Å². The maximum Gasteiger partial charge on any atom is 0.224 e. The van der Waals surface area contributed by atoms with Crippen LogP contribution in [0, 0.1) is 5.92 Å². The largest absolute Gasteiger partial charge is 0.326 e. The van der Waals surface area contributed by atoms with Gasteiger partial charge < -0.3 is 10.6 Å². The van der Waals surface area contributed by atoms with Gasteiger partial charge in [0.05, 0.1) is 0 Å². The molecule has 28 heavy (non-hydrogen) atoms. The van der Waals surface area contributed by atoms with Crippen molar-refractivity contribution in [2.24, 2.45) is 5.92 Å². The summed E-state index contributed by atoms with van der Waals surface area (Å²) < 4.78 is 0. The van der Waals surface area contributed by atoms with E-state index >= 15 is 0 Å². The van der Waals surface area contributed by atoms with Gasteiger partial charge in [-0.15, -0.1) is 12.4 Å². The van der Waals surface area contributed by atoms with E-state index in [9.17, 15) is 9.59 Å². The molecule has 0 aromatic heterocycles. The molecule has 4 nitrogen and oxygen atoms in total. The van der Waals surface area contributed by atoms with Crippen molar-refractivity contribution in [3.05, 3.63) is 65.2 Å². The van der Waals surface area contributed by atoms with Gasteiger partial charge in [-0.3, -0.25) is 9.59 Å². The Bertz CT molecular complexity index is 757. The number of rotatable bonds is 10. The van der Waals surface area contributed by atoms with Gasteiger partial charge in [0.2, 0.25) is 5.91 Å². The van der Waals surface area contributed by atoms with Crippen LogP contribution in [-0.4, -0.2) is 18.2 Å². The molecule has 0 fully saturated rings. The monoisotopic (exact) mass is 402 g/mol. The maximum absolute atomic E-state index is 12.4. The van der Waals surface area contributed by atoms with E-state index in [1.807, 2.05) is 55.5 Å². The number of carbonyl (C=O) groups is 2. The fourth-order valence-electron chi connectivity index (χ4n) is 2.94. The molecule has 5 heteroatoms. The molecular formula is C23H31ClN2O2. The highest BCUT2D eigenvalue weighted by Gasteiger charge is 2.11. The zero-order chi connectivity index (χ0) is 19.6. The standard InChI is InChI=1S/C23H30N2O2.ClH/c1-4-24-16-20-7-5-6-8-21(20)25-23(27)14-13-22(26)19-11-9-18(10-12-19)15-17(2)3;/h5-12,17,24H,4,13-16H2,1-3H3,(H,25,27);1H. The highest BCUT2D eigenvalue weighted by atomic mass is 35.5. The first-order valence-corrected chi connectivity index (χ1v) is 9.70. The number of hydrogen-bond donors (Lipinski definition) is 2. The summed E-state index contributed by atoms with van der Waals surface area (Å²) in [7, 11) is 0. The van der Waals surface area contributed by atoms with Crippen LogP contribution in [0.15, 0.2) is 48.5 Å². The number of carbonyl (C=O) groups excluding carboxylic acids is 2. The van der Waals surface area contributed by atoms with Crippen LogP contribution in [0.1, 0.15) is 55.1 Å². The number of para-hydroxylation sites is 1. The van der Waals surface area contributed by atoms with Crippen molar-refractivity contribution in [1.82, 2.24) is 5.32 Å². The molecule has 0 radical (unpaired) electrons. The van der Waals surface area contributed by atoms with Gasteiger partial charge in [-0.05, 0) is 36.1 Å². The smallest absolute Gasteiger partial charge is 0.224 e. The fourth-order valence-corrected chi connectivity index (χ4v) is 2.94. The summed E-state index contributed by atoms with van der Waals surface area (Å²) >= 11 is 0. The maximum atomic E-state index is 12.4. The molecular weight excluding hydrogens is 372 g/mol. The Hall–Kier alpha value is -2.17. The van der Waals surface area contributed by atoms with E-state index in [-0.39, 0.29) is 36.9 Å². The molecule has 0 atom stereocenters. The van der Waals surface area contributed by atoms with Gasteiger partial charge in [0.25, 0.3) is 0 Å². The van der Waals surface area contributed by atoms with Crippen LogP contribution in [0.5, 0.6) is 0 Å². The SMILES string of the molecule is CCNCc1ccccc1NC(=O)CCC(=O)c1ccc(CC(C)C)cc1.Cl. The second kappa shape index (κ2) is 12.3. The van der Waals surface area contributed by atoms with Crippen molar-refractivity contribution in [3.63, 3.8) is 0 Å². The minimum Gasteiger partial charge on any atom is -0.326 e. The second-order valence-electron chi connectivity index (χ2n) is 7.20. The van der Waals surface area contributed by atoms with Crippen molar-refractivity contribution in [2.75, 3.05) is 11.9 Å². The van der Waals surface area contributed by atoms with E-state index in [4.69, 9.17) is 0 Å². The quantitative estimate of drug-likeness (QED) is 0.548. The molecule has 0 saturated heterocycles. The number of hydrogen-bond acceptors (Lipinski definition) is 3. The molecule has 2 rings (SSSR count). The molecule has 0 spiro atoms. The van der Waals surface area contributed by atoms with Crippen LogP contribution in [-0.2, 0) is 17.8 Å². The number of nitrogens with one attached hydrogen (secondary N) is 2. The highest BCUT2D eigenvalue weighted by molar-refractivity contribution is 6.00. The summed E-state index contributed by atoms with van der Waals surface area (Å²) in [4.78, 5) is 24.6. The Balaban J connectivity index is 0.00000392. The summed E-state index contributed by atoms with van der Waals surface area (Å²) in [6.45, 7) is 7.96. The van der Waals surface area contributed by atoms with Crippen molar-refractivity contribution in [2.45, 2.75) is 46.6 Å². The summed E-state index contributed by atoms with van der Waals surface area (Å²) in [6, 6.07) is 15.5. The van der Waals surface area contributed by atoms with Gasteiger partial charge in [0.15, 0.2) is 5.78 Å². The van der Waals surface area contributed by atoms with E-state index in [1.54, 1.807) is 0 Å². The molecule has 1 amide bonds. The topological polar surface area (TPSA) is 58.2 Å². The van der Waals surface area contributed by atoms with Crippen molar-refractivity contribution < 1.29 is 9.59 Å². The zero-order valence-corrected chi connectivity index (χ0v) is 17.8. The number of anilines is 1. The predicted octanol–water partition coefficient (Wildman–Crippen LogP) is 5.02. The summed E-state index contributed by atoms with van der Waals surface area (Å²) in [6.07, 6.45) is 1.40. The lowest BCUT2D eigenvalue weighted by atomic mass is 9.99. The van der Waals surface area contributed by atoms with Crippen molar-refractivity contribution in [1.29, 1.82) is 0 Å². The summed E-state index contributed by atoms with van der Waals surface area (Å²) in [5.74, 6) is 0.455. The van der Waals surface area contributed by atoms with Crippen LogP contribution in [0.2, 0.25) is 0 Å². The average Bonchev–Trinajstić information content (AvgIpc) is 2.65. The van der Waals surface area contributed by atoms with E-state index in [0.717, 1.165) is 24.2 Å². The number of Topliss-reactive ketones (excluding diaryl/α,β-unsaturated/α-hetero) is 1. The first-order valence-electron chi connectivity index (χ1n) is 9.70. The molecule has 0 bridgehead atoms. The lowest BCUT2D eigenvalue weighted by Gasteiger charge is -2.11. The zero-order valence-electron chi connectivity index (χ0n) is 17.0. The molecule has 0 aliphatic carbocycles. The van der Waals surface area contributed by atoms with E-state index in [2.05, 4.69) is 24.5 Å². The first-order chi connectivity index (χ1) is 13.0. The van der Waals surface area contributed by atoms with E-state index in [0.29, 0.717) is 18.0 Å². The predicted molar refractivity (Wildman–Crippen MR) is 118 cm³/mol. The molecule has 0 unspecified atom stereocenters. The van der Waals surface area contributed by atoms with Crippen LogP contribution >= 0.6 is 12.4 Å². The molecule has 0 saturated carbocycles. The van der Waals surface area contributed by atoms with Crippen LogP contribution in [0.25, 0.3) is 0 Å². The first kappa shape index (κ1) is 23.9. The number of halogens is 1. The minimum absolute atomic E-state index is 0. The molecule has 2 aromatic carbocycles.